The van der Waals surface area contributed by atoms with Crippen molar-refractivity contribution in [2.45, 2.75) is 27.7 Å². The molecule has 2 aromatic rings. The van der Waals surface area contributed by atoms with E-state index in [4.69, 9.17) is 0 Å². The molecule has 6 heteroatoms. The lowest BCUT2D eigenvalue weighted by Gasteiger charge is -2.35. The number of nitrogens with zero attached hydrogens (tertiary/aromatic N) is 5. The van der Waals surface area contributed by atoms with Crippen LogP contribution in [0.5, 0.6) is 0 Å². The van der Waals surface area contributed by atoms with Gasteiger partial charge in [-0.1, -0.05) is 13.8 Å². The second kappa shape index (κ2) is 6.51. The first kappa shape index (κ1) is 16.9. The Hall–Kier alpha value is -1.95. The minimum Gasteiger partial charge on any atom is -0.336 e. The number of carbonyl (C=O) groups excluding carboxylic acids is 1. The molecule has 130 valence electrons. The average Bonchev–Trinajstić information content (AvgIpc) is 2.80. The summed E-state index contributed by atoms with van der Waals surface area (Å²) in [5.41, 5.74) is 3.23. The van der Waals surface area contributed by atoms with Crippen LogP contribution in [-0.2, 0) is 7.05 Å². The van der Waals surface area contributed by atoms with Crippen LogP contribution in [0.1, 0.15) is 35.6 Å². The van der Waals surface area contributed by atoms with Crippen molar-refractivity contribution in [2.75, 3.05) is 32.7 Å². The summed E-state index contributed by atoms with van der Waals surface area (Å²) in [6.07, 6.45) is 0. The molecule has 0 bridgehead atoms. The third-order valence-electron chi connectivity index (χ3n) is 4.70. The van der Waals surface area contributed by atoms with Crippen molar-refractivity contribution in [1.29, 1.82) is 0 Å². The highest BCUT2D eigenvalue weighted by atomic mass is 16.2. The smallest absolute Gasteiger partial charge is 0.255 e. The first-order valence-electron chi connectivity index (χ1n) is 8.69. The van der Waals surface area contributed by atoms with E-state index in [2.05, 4.69) is 28.8 Å². The zero-order valence-electron chi connectivity index (χ0n) is 15.3. The van der Waals surface area contributed by atoms with Gasteiger partial charge in [0.25, 0.3) is 5.91 Å². The molecule has 0 spiro atoms. The summed E-state index contributed by atoms with van der Waals surface area (Å²) in [5, 5.41) is 5.37. The summed E-state index contributed by atoms with van der Waals surface area (Å²) in [6.45, 7) is 12.9. The number of piperazine rings is 1. The van der Waals surface area contributed by atoms with Crippen molar-refractivity contribution in [3.63, 3.8) is 0 Å². The molecule has 0 radical (unpaired) electrons. The highest BCUT2D eigenvalue weighted by molar-refractivity contribution is 5.98. The Kier molecular flexibility index (Phi) is 4.58. The van der Waals surface area contributed by atoms with Crippen molar-refractivity contribution in [3.05, 3.63) is 23.0 Å². The molecule has 24 heavy (non-hydrogen) atoms. The summed E-state index contributed by atoms with van der Waals surface area (Å²) in [6, 6.07) is 1.96. The van der Waals surface area contributed by atoms with Crippen molar-refractivity contribution in [3.8, 4) is 0 Å². The van der Waals surface area contributed by atoms with Gasteiger partial charge in [0.2, 0.25) is 0 Å². The number of aromatic nitrogens is 3. The quantitative estimate of drug-likeness (QED) is 0.864. The molecule has 0 saturated carbocycles. The summed E-state index contributed by atoms with van der Waals surface area (Å²) in [5.74, 6) is 0.754. The lowest BCUT2D eigenvalue weighted by molar-refractivity contribution is 0.0623. The number of amides is 1. The Balaban J connectivity index is 1.79. The van der Waals surface area contributed by atoms with Gasteiger partial charge in [0.05, 0.1) is 17.0 Å². The summed E-state index contributed by atoms with van der Waals surface area (Å²) < 4.78 is 1.77. The number of hydrogen-bond acceptors (Lipinski definition) is 4. The molecule has 6 nitrogen and oxygen atoms in total. The summed E-state index contributed by atoms with van der Waals surface area (Å²) in [4.78, 5) is 22.0. The van der Waals surface area contributed by atoms with E-state index in [0.29, 0.717) is 11.5 Å². The monoisotopic (exact) mass is 329 g/mol. The molecule has 1 saturated heterocycles. The Morgan fingerprint density at radius 1 is 1.17 bits per heavy atom. The molecule has 1 amide bonds. The molecule has 1 aliphatic rings. The van der Waals surface area contributed by atoms with Gasteiger partial charge in [-0.25, -0.2) is 4.98 Å². The van der Waals surface area contributed by atoms with Crippen LogP contribution in [0, 0.1) is 19.8 Å². The van der Waals surface area contributed by atoms with Gasteiger partial charge in [-0.3, -0.25) is 14.4 Å². The van der Waals surface area contributed by atoms with Crippen molar-refractivity contribution >= 4 is 16.9 Å². The number of pyridine rings is 1. The summed E-state index contributed by atoms with van der Waals surface area (Å²) in [7, 11) is 1.89. The fourth-order valence-electron chi connectivity index (χ4n) is 3.47. The van der Waals surface area contributed by atoms with Gasteiger partial charge in [0, 0.05) is 45.2 Å². The van der Waals surface area contributed by atoms with E-state index in [1.165, 1.54) is 0 Å². The molecule has 0 atom stereocenters. The molecule has 1 aliphatic heterocycles. The zero-order valence-corrected chi connectivity index (χ0v) is 15.3. The SMILES string of the molecule is Cc1nc2c(cc1C(=O)N1CCN(CC(C)C)CC1)c(C)nn2C. The van der Waals surface area contributed by atoms with Crippen LogP contribution in [0.15, 0.2) is 6.07 Å². The van der Waals surface area contributed by atoms with Gasteiger partial charge in [-0.2, -0.15) is 5.10 Å². The van der Waals surface area contributed by atoms with Crippen LogP contribution in [0.2, 0.25) is 0 Å². The molecule has 1 fully saturated rings. The molecule has 2 aromatic heterocycles. The number of hydrogen-bond donors (Lipinski definition) is 0. The number of fused-ring (bicyclic) bond motifs is 1. The van der Waals surface area contributed by atoms with Crippen LogP contribution in [-0.4, -0.2) is 63.2 Å². The molecule has 3 heterocycles. The minimum atomic E-state index is 0.0920. The topological polar surface area (TPSA) is 54.3 Å². The third kappa shape index (κ3) is 3.15. The van der Waals surface area contributed by atoms with Gasteiger partial charge in [-0.05, 0) is 25.8 Å². The van der Waals surface area contributed by atoms with E-state index in [9.17, 15) is 4.79 Å². The second-order valence-corrected chi connectivity index (χ2v) is 7.19. The number of rotatable bonds is 3. The fourth-order valence-corrected chi connectivity index (χ4v) is 3.47. The normalized spacial score (nSPS) is 16.3. The predicted molar refractivity (Wildman–Crippen MR) is 95.2 cm³/mol. The van der Waals surface area contributed by atoms with Gasteiger partial charge in [0.1, 0.15) is 0 Å². The summed E-state index contributed by atoms with van der Waals surface area (Å²) >= 11 is 0. The van der Waals surface area contributed by atoms with Crippen LogP contribution >= 0.6 is 0 Å². The van der Waals surface area contributed by atoms with Crippen molar-refractivity contribution in [1.82, 2.24) is 24.6 Å². The molecule has 0 aromatic carbocycles. The van der Waals surface area contributed by atoms with Crippen LogP contribution in [0.3, 0.4) is 0 Å². The van der Waals surface area contributed by atoms with E-state index >= 15 is 0 Å². The van der Waals surface area contributed by atoms with Crippen LogP contribution in [0.4, 0.5) is 0 Å². The van der Waals surface area contributed by atoms with Crippen molar-refractivity contribution < 1.29 is 4.79 Å². The Labute approximate surface area is 143 Å². The average molecular weight is 329 g/mol. The molecule has 0 aliphatic carbocycles. The zero-order chi connectivity index (χ0) is 17.4. The number of carbonyl (C=O) groups is 1. The lowest BCUT2D eigenvalue weighted by Crippen LogP contribution is -2.49. The molecular formula is C18H27N5O. The van der Waals surface area contributed by atoms with Gasteiger partial charge in [-0.15, -0.1) is 0 Å². The molecule has 0 N–H and O–H groups in total. The Bertz CT molecular complexity index is 756. The van der Waals surface area contributed by atoms with Gasteiger partial charge >= 0.3 is 0 Å². The molecular weight excluding hydrogens is 302 g/mol. The van der Waals surface area contributed by atoms with E-state index in [0.717, 1.165) is 55.1 Å². The van der Waals surface area contributed by atoms with Crippen LogP contribution < -0.4 is 0 Å². The maximum absolute atomic E-state index is 13.0. The first-order valence-corrected chi connectivity index (χ1v) is 8.69. The highest BCUT2D eigenvalue weighted by Crippen LogP contribution is 2.21. The molecule has 3 rings (SSSR count). The van der Waals surface area contributed by atoms with E-state index < -0.39 is 0 Å². The van der Waals surface area contributed by atoms with E-state index in [-0.39, 0.29) is 5.91 Å². The molecule has 0 unspecified atom stereocenters. The third-order valence-corrected chi connectivity index (χ3v) is 4.70. The highest BCUT2D eigenvalue weighted by Gasteiger charge is 2.24. The van der Waals surface area contributed by atoms with Gasteiger partial charge in [0.15, 0.2) is 5.65 Å². The largest absolute Gasteiger partial charge is 0.336 e. The van der Waals surface area contributed by atoms with E-state index in [1.807, 2.05) is 31.9 Å². The fraction of sp³-hybridized carbons (Fsp3) is 0.611. The maximum atomic E-state index is 13.0. The second-order valence-electron chi connectivity index (χ2n) is 7.19. The Morgan fingerprint density at radius 3 is 2.46 bits per heavy atom. The van der Waals surface area contributed by atoms with E-state index in [1.54, 1.807) is 4.68 Å². The van der Waals surface area contributed by atoms with Crippen LogP contribution in [0.25, 0.3) is 11.0 Å². The lowest BCUT2D eigenvalue weighted by atomic mass is 10.1. The maximum Gasteiger partial charge on any atom is 0.255 e. The first-order chi connectivity index (χ1) is 11.4. The minimum absolute atomic E-state index is 0.0920. The predicted octanol–water partition coefficient (Wildman–Crippen LogP) is 2.00. The standard InChI is InChI=1S/C18H27N5O/c1-12(2)11-22-6-8-23(9-7-22)18(24)16-10-15-14(4)20-21(5)17(15)19-13(16)3/h10,12H,6-9,11H2,1-5H3. The number of aryl methyl sites for hydroxylation is 3. The Morgan fingerprint density at radius 2 is 1.83 bits per heavy atom. The van der Waals surface area contributed by atoms with Gasteiger partial charge < -0.3 is 4.90 Å². The van der Waals surface area contributed by atoms with Crippen molar-refractivity contribution in [2.24, 2.45) is 13.0 Å².